The van der Waals surface area contributed by atoms with Crippen molar-refractivity contribution in [2.24, 2.45) is 0 Å². The monoisotopic (exact) mass is 371 g/mol. The molecule has 25 heavy (non-hydrogen) atoms. The maximum absolute atomic E-state index is 12.2. The number of allylic oxidation sites excluding steroid dienone is 6. The van der Waals surface area contributed by atoms with Crippen molar-refractivity contribution in [3.05, 3.63) is 75.9 Å². The minimum atomic E-state index is -0.499. The zero-order valence-electron chi connectivity index (χ0n) is 12.7. The van der Waals surface area contributed by atoms with Gasteiger partial charge in [-0.3, -0.25) is 5.10 Å². The summed E-state index contributed by atoms with van der Waals surface area (Å²) in [7, 11) is 0. The molecule has 4 rings (SSSR count). The lowest BCUT2D eigenvalue weighted by atomic mass is 10.2. The first-order chi connectivity index (χ1) is 12.1. The van der Waals surface area contributed by atoms with Gasteiger partial charge in [0.15, 0.2) is 11.6 Å². The fourth-order valence-electron chi connectivity index (χ4n) is 2.51. The van der Waals surface area contributed by atoms with Gasteiger partial charge >= 0.3 is 5.63 Å². The molecule has 1 atom stereocenters. The van der Waals surface area contributed by atoms with Gasteiger partial charge in [0.2, 0.25) is 0 Å². The molecule has 0 aliphatic heterocycles. The fourth-order valence-corrected chi connectivity index (χ4v) is 2.88. The summed E-state index contributed by atoms with van der Waals surface area (Å²) < 4.78 is 5.33. The SMILES string of the molecule is O=c1oc2ccccc2cc1-c1n[nH]c(C2=C(Cl)C=CC(Cl)C=C2)n1. The van der Waals surface area contributed by atoms with Gasteiger partial charge in [-0.05, 0) is 18.2 Å². The summed E-state index contributed by atoms with van der Waals surface area (Å²) >= 11 is 12.3. The summed E-state index contributed by atoms with van der Waals surface area (Å²) in [4.78, 5) is 16.6. The molecule has 124 valence electrons. The van der Waals surface area contributed by atoms with Crippen LogP contribution in [0, 0.1) is 0 Å². The normalized spacial score (nSPS) is 17.3. The van der Waals surface area contributed by atoms with E-state index in [0.29, 0.717) is 22.0 Å². The number of rotatable bonds is 2. The molecule has 0 saturated heterocycles. The molecule has 0 bridgehead atoms. The third-order valence-corrected chi connectivity index (χ3v) is 4.37. The Labute approximate surface area is 152 Å². The van der Waals surface area contributed by atoms with Crippen molar-refractivity contribution in [1.29, 1.82) is 0 Å². The smallest absolute Gasteiger partial charge is 0.347 e. The van der Waals surface area contributed by atoms with Crippen LogP contribution in [-0.2, 0) is 0 Å². The lowest BCUT2D eigenvalue weighted by Crippen LogP contribution is -2.03. The number of aromatic nitrogens is 3. The van der Waals surface area contributed by atoms with Crippen LogP contribution in [0.2, 0.25) is 0 Å². The first kappa shape index (κ1) is 15.9. The second-order valence-corrected chi connectivity index (χ2v) is 6.33. The molecule has 1 N–H and O–H groups in total. The Hall–Kier alpha value is -2.63. The summed E-state index contributed by atoms with van der Waals surface area (Å²) in [6, 6.07) is 8.97. The predicted octanol–water partition coefficient (Wildman–Crippen LogP) is 4.26. The Morgan fingerprint density at radius 1 is 1.16 bits per heavy atom. The number of H-pyrrole nitrogens is 1. The van der Waals surface area contributed by atoms with Gasteiger partial charge in [-0.15, -0.1) is 11.6 Å². The zero-order chi connectivity index (χ0) is 17.4. The molecule has 0 fully saturated rings. The van der Waals surface area contributed by atoms with Gasteiger partial charge in [-0.2, -0.15) is 5.10 Å². The van der Waals surface area contributed by atoms with Crippen LogP contribution in [0.5, 0.6) is 0 Å². The fraction of sp³-hybridized carbons (Fsp3) is 0.0556. The third kappa shape index (κ3) is 3.04. The van der Waals surface area contributed by atoms with Crippen molar-refractivity contribution < 1.29 is 4.42 Å². The van der Waals surface area contributed by atoms with Crippen molar-refractivity contribution >= 4 is 39.7 Å². The van der Waals surface area contributed by atoms with Gasteiger partial charge in [-0.25, -0.2) is 9.78 Å². The highest BCUT2D eigenvalue weighted by Gasteiger charge is 2.16. The molecule has 7 heteroatoms. The molecule has 1 unspecified atom stereocenters. The van der Waals surface area contributed by atoms with E-state index in [1.54, 1.807) is 42.5 Å². The van der Waals surface area contributed by atoms with Crippen LogP contribution in [0.1, 0.15) is 5.82 Å². The van der Waals surface area contributed by atoms with E-state index in [1.165, 1.54) is 0 Å². The average Bonchev–Trinajstić information content (AvgIpc) is 3.02. The molecule has 0 spiro atoms. The lowest BCUT2D eigenvalue weighted by molar-refractivity contribution is 0.563. The van der Waals surface area contributed by atoms with Crippen LogP contribution >= 0.6 is 23.2 Å². The summed E-state index contributed by atoms with van der Waals surface area (Å²) in [5, 5.41) is 7.97. The van der Waals surface area contributed by atoms with Crippen molar-refractivity contribution in [1.82, 2.24) is 15.2 Å². The molecule has 3 aromatic rings. The average molecular weight is 372 g/mol. The van der Waals surface area contributed by atoms with Crippen LogP contribution in [0.15, 0.2) is 68.9 Å². The number of para-hydroxylation sites is 1. The number of nitrogens with zero attached hydrogens (tertiary/aromatic N) is 2. The molecule has 1 aromatic carbocycles. The minimum absolute atomic E-state index is 0.246. The zero-order valence-corrected chi connectivity index (χ0v) is 14.3. The van der Waals surface area contributed by atoms with Crippen LogP contribution in [-0.4, -0.2) is 20.6 Å². The Kier molecular flexibility index (Phi) is 4.03. The van der Waals surface area contributed by atoms with E-state index in [-0.39, 0.29) is 16.8 Å². The van der Waals surface area contributed by atoms with E-state index in [4.69, 9.17) is 27.6 Å². The van der Waals surface area contributed by atoms with Gasteiger partial charge in [0.25, 0.3) is 0 Å². The van der Waals surface area contributed by atoms with Crippen LogP contribution < -0.4 is 5.63 Å². The van der Waals surface area contributed by atoms with Gasteiger partial charge < -0.3 is 4.42 Å². The number of benzene rings is 1. The standard InChI is InChI=1S/C18H11Cl2N3O2/c19-11-5-7-12(14(20)8-6-11)16-21-17(23-22-16)13-9-10-3-1-2-4-15(10)25-18(13)24/h1-9,11H,(H,21,22,23). The van der Waals surface area contributed by atoms with E-state index < -0.39 is 5.63 Å². The van der Waals surface area contributed by atoms with E-state index in [0.717, 1.165) is 5.39 Å². The largest absolute Gasteiger partial charge is 0.422 e. The number of aromatic amines is 1. The van der Waals surface area contributed by atoms with Gasteiger partial charge in [-0.1, -0.05) is 48.0 Å². The molecule has 1 aliphatic carbocycles. The van der Waals surface area contributed by atoms with Gasteiger partial charge in [0.1, 0.15) is 11.1 Å². The van der Waals surface area contributed by atoms with E-state index in [2.05, 4.69) is 15.2 Å². The maximum Gasteiger partial charge on any atom is 0.347 e. The van der Waals surface area contributed by atoms with Crippen molar-refractivity contribution in [3.8, 4) is 11.4 Å². The quantitative estimate of drug-likeness (QED) is 0.539. The summed E-state index contributed by atoms with van der Waals surface area (Å²) in [6.07, 6.45) is 7.03. The molecule has 0 saturated carbocycles. The third-order valence-electron chi connectivity index (χ3n) is 3.75. The van der Waals surface area contributed by atoms with Crippen molar-refractivity contribution in [3.63, 3.8) is 0 Å². The summed E-state index contributed by atoms with van der Waals surface area (Å²) in [5.74, 6) is 0.690. The van der Waals surface area contributed by atoms with Crippen LogP contribution in [0.4, 0.5) is 0 Å². The minimum Gasteiger partial charge on any atom is -0.422 e. The highest BCUT2D eigenvalue weighted by atomic mass is 35.5. The molecular weight excluding hydrogens is 361 g/mol. The number of fused-ring (bicyclic) bond motifs is 1. The van der Waals surface area contributed by atoms with Crippen LogP contribution in [0.25, 0.3) is 27.9 Å². The van der Waals surface area contributed by atoms with Gasteiger partial charge in [0.05, 0.1) is 10.4 Å². The number of hydrogen-bond donors (Lipinski definition) is 1. The molecule has 0 radical (unpaired) electrons. The Bertz CT molecular complexity index is 1110. The number of alkyl halides is 1. The molecular formula is C18H11Cl2N3O2. The number of hydrogen-bond acceptors (Lipinski definition) is 4. The topological polar surface area (TPSA) is 71.8 Å². The van der Waals surface area contributed by atoms with Crippen molar-refractivity contribution in [2.75, 3.05) is 0 Å². The second-order valence-electron chi connectivity index (χ2n) is 5.42. The van der Waals surface area contributed by atoms with Crippen LogP contribution in [0.3, 0.4) is 0 Å². The molecule has 1 aliphatic rings. The van der Waals surface area contributed by atoms with Gasteiger partial charge in [0, 0.05) is 11.0 Å². The van der Waals surface area contributed by atoms with E-state index in [1.807, 2.05) is 12.1 Å². The number of halogens is 2. The van der Waals surface area contributed by atoms with Crippen molar-refractivity contribution in [2.45, 2.75) is 5.38 Å². The maximum atomic E-state index is 12.2. The molecule has 2 aromatic heterocycles. The first-order valence-corrected chi connectivity index (χ1v) is 8.29. The van der Waals surface area contributed by atoms with E-state index >= 15 is 0 Å². The first-order valence-electron chi connectivity index (χ1n) is 7.48. The highest BCUT2D eigenvalue weighted by molar-refractivity contribution is 6.35. The number of nitrogens with one attached hydrogen (secondary N) is 1. The summed E-state index contributed by atoms with van der Waals surface area (Å²) in [6.45, 7) is 0. The van der Waals surface area contributed by atoms with E-state index in [9.17, 15) is 4.79 Å². The Morgan fingerprint density at radius 2 is 1.96 bits per heavy atom. The molecule has 0 amide bonds. The predicted molar refractivity (Wildman–Crippen MR) is 98.6 cm³/mol. The Balaban J connectivity index is 1.80. The summed E-state index contributed by atoms with van der Waals surface area (Å²) in [5.41, 5.74) is 0.940. The molecule has 2 heterocycles. The molecule has 5 nitrogen and oxygen atoms in total. The highest BCUT2D eigenvalue weighted by Crippen LogP contribution is 2.26. The Morgan fingerprint density at radius 3 is 2.84 bits per heavy atom. The second kappa shape index (κ2) is 6.35. The lowest BCUT2D eigenvalue weighted by Gasteiger charge is -1.99.